The summed E-state index contributed by atoms with van der Waals surface area (Å²) in [5, 5.41) is 0. The maximum Gasteiger partial charge on any atom is 0.248 e. The second kappa shape index (κ2) is 4.79. The molecule has 0 saturated carbocycles. The summed E-state index contributed by atoms with van der Waals surface area (Å²) in [6, 6.07) is 4.72. The van der Waals surface area contributed by atoms with Gasteiger partial charge in [-0.15, -0.1) is 0 Å². The summed E-state index contributed by atoms with van der Waals surface area (Å²) < 4.78 is 0. The zero-order chi connectivity index (χ0) is 12.3. The first-order valence-corrected chi connectivity index (χ1v) is 5.14. The first kappa shape index (κ1) is 12.2. The molecule has 0 atom stereocenters. The van der Waals surface area contributed by atoms with Crippen molar-refractivity contribution in [3.05, 3.63) is 34.9 Å². The number of carbonyl (C=O) groups excluding carboxylic acids is 2. The Bertz CT molecular complexity index is 425. The third-order valence-corrected chi connectivity index (χ3v) is 2.28. The van der Waals surface area contributed by atoms with E-state index < -0.39 is 11.8 Å². The molecule has 4 nitrogen and oxygen atoms in total. The molecule has 1 aromatic rings. The van der Waals surface area contributed by atoms with Crippen LogP contribution < -0.4 is 11.5 Å². The van der Waals surface area contributed by atoms with Gasteiger partial charge in [-0.25, -0.2) is 0 Å². The molecule has 2 amide bonds. The smallest absolute Gasteiger partial charge is 0.248 e. The molecular weight excluding hydrogens is 204 g/mol. The van der Waals surface area contributed by atoms with Crippen molar-refractivity contribution in [1.82, 2.24) is 0 Å². The molecule has 0 aliphatic rings. The lowest BCUT2D eigenvalue weighted by molar-refractivity contribution is 0.0987. The average molecular weight is 220 g/mol. The fourth-order valence-electron chi connectivity index (χ4n) is 1.60. The highest BCUT2D eigenvalue weighted by atomic mass is 16.1. The quantitative estimate of drug-likeness (QED) is 0.795. The van der Waals surface area contributed by atoms with Crippen LogP contribution in [0, 0.1) is 5.92 Å². The van der Waals surface area contributed by atoms with Crippen LogP contribution in [0.4, 0.5) is 0 Å². The highest BCUT2D eigenvalue weighted by Crippen LogP contribution is 2.16. The van der Waals surface area contributed by atoms with E-state index in [0.717, 1.165) is 5.56 Å². The average Bonchev–Trinajstić information content (AvgIpc) is 2.15. The molecule has 0 radical (unpaired) electrons. The second-order valence-corrected chi connectivity index (χ2v) is 4.20. The Hall–Kier alpha value is -1.84. The van der Waals surface area contributed by atoms with Crippen LogP contribution in [0.3, 0.4) is 0 Å². The predicted octanol–water partition coefficient (Wildman–Crippen LogP) is 1.08. The van der Waals surface area contributed by atoms with E-state index in [2.05, 4.69) is 0 Å². The summed E-state index contributed by atoms with van der Waals surface area (Å²) in [5.74, 6) is -0.603. The van der Waals surface area contributed by atoms with Crippen LogP contribution >= 0.6 is 0 Å². The monoisotopic (exact) mass is 220 g/mol. The second-order valence-electron chi connectivity index (χ2n) is 4.20. The van der Waals surface area contributed by atoms with Crippen LogP contribution in [0.15, 0.2) is 18.2 Å². The standard InChI is InChI=1S/C12H16N2O2/c1-7(2)5-9-6-8(11(13)15)3-4-10(9)12(14)16/h3-4,6-7H,5H2,1-2H3,(H2,13,15)(H2,14,16). The van der Waals surface area contributed by atoms with E-state index in [4.69, 9.17) is 11.5 Å². The zero-order valence-corrected chi connectivity index (χ0v) is 9.49. The lowest BCUT2D eigenvalue weighted by Crippen LogP contribution is -2.17. The molecule has 0 heterocycles. The molecule has 0 bridgehead atoms. The number of hydrogen-bond acceptors (Lipinski definition) is 2. The van der Waals surface area contributed by atoms with Crippen molar-refractivity contribution in [2.45, 2.75) is 20.3 Å². The van der Waals surface area contributed by atoms with Crippen LogP contribution in [0.1, 0.15) is 40.1 Å². The van der Waals surface area contributed by atoms with Crippen LogP contribution in [0.25, 0.3) is 0 Å². The Morgan fingerprint density at radius 3 is 2.25 bits per heavy atom. The fraction of sp³-hybridized carbons (Fsp3) is 0.333. The minimum absolute atomic E-state index is 0.376. The van der Waals surface area contributed by atoms with Crippen molar-refractivity contribution in [1.29, 1.82) is 0 Å². The van der Waals surface area contributed by atoms with E-state index >= 15 is 0 Å². The minimum atomic E-state index is -0.499. The highest BCUT2D eigenvalue weighted by molar-refractivity contribution is 5.97. The Kier molecular flexibility index (Phi) is 3.66. The molecule has 0 spiro atoms. The van der Waals surface area contributed by atoms with Gasteiger partial charge in [0.05, 0.1) is 0 Å². The van der Waals surface area contributed by atoms with E-state index in [1.165, 1.54) is 6.07 Å². The molecule has 0 fully saturated rings. The van der Waals surface area contributed by atoms with E-state index in [9.17, 15) is 9.59 Å². The SMILES string of the molecule is CC(C)Cc1cc(C(N)=O)ccc1C(N)=O. The summed E-state index contributed by atoms with van der Waals surface area (Å²) in [6.45, 7) is 4.06. The number of rotatable bonds is 4. The van der Waals surface area contributed by atoms with Gasteiger partial charge in [-0.1, -0.05) is 13.8 Å². The van der Waals surface area contributed by atoms with Crippen molar-refractivity contribution in [2.75, 3.05) is 0 Å². The normalized spacial score (nSPS) is 10.4. The molecular formula is C12H16N2O2. The first-order chi connectivity index (χ1) is 7.41. The van der Waals surface area contributed by atoms with E-state index in [1.807, 2.05) is 13.8 Å². The molecule has 4 heteroatoms. The number of amides is 2. The van der Waals surface area contributed by atoms with Crippen LogP contribution in [0.5, 0.6) is 0 Å². The number of primary amides is 2. The molecule has 1 rings (SSSR count). The molecule has 0 aliphatic carbocycles. The van der Waals surface area contributed by atoms with Gasteiger partial charge in [0.2, 0.25) is 11.8 Å². The van der Waals surface area contributed by atoms with Crippen molar-refractivity contribution >= 4 is 11.8 Å². The summed E-state index contributed by atoms with van der Waals surface area (Å²) >= 11 is 0. The molecule has 16 heavy (non-hydrogen) atoms. The molecule has 0 saturated heterocycles. The maximum atomic E-state index is 11.2. The Labute approximate surface area is 94.6 Å². The summed E-state index contributed by atoms with van der Waals surface area (Å²) in [4.78, 5) is 22.2. The third kappa shape index (κ3) is 2.82. The number of benzene rings is 1. The molecule has 4 N–H and O–H groups in total. The number of nitrogens with two attached hydrogens (primary N) is 2. The predicted molar refractivity (Wildman–Crippen MR) is 62.0 cm³/mol. The lowest BCUT2D eigenvalue weighted by Gasteiger charge is -2.10. The van der Waals surface area contributed by atoms with Gasteiger partial charge >= 0.3 is 0 Å². The Morgan fingerprint density at radius 2 is 1.81 bits per heavy atom. The number of carbonyl (C=O) groups is 2. The molecule has 0 aliphatic heterocycles. The van der Waals surface area contributed by atoms with Crippen LogP contribution in [0.2, 0.25) is 0 Å². The summed E-state index contributed by atoms with van der Waals surface area (Å²) in [5.41, 5.74) is 12.1. The largest absolute Gasteiger partial charge is 0.366 e. The van der Waals surface area contributed by atoms with E-state index in [-0.39, 0.29) is 0 Å². The highest BCUT2D eigenvalue weighted by Gasteiger charge is 2.12. The van der Waals surface area contributed by atoms with Crippen LogP contribution in [-0.4, -0.2) is 11.8 Å². The molecule has 0 unspecified atom stereocenters. The Morgan fingerprint density at radius 1 is 1.19 bits per heavy atom. The van der Waals surface area contributed by atoms with Gasteiger partial charge in [-0.05, 0) is 36.1 Å². The van der Waals surface area contributed by atoms with Crippen LogP contribution in [-0.2, 0) is 6.42 Å². The Balaban J connectivity index is 3.21. The van der Waals surface area contributed by atoms with Gasteiger partial charge in [0.15, 0.2) is 0 Å². The maximum absolute atomic E-state index is 11.2. The van der Waals surface area contributed by atoms with Gasteiger partial charge in [0.1, 0.15) is 0 Å². The number of hydrogen-bond donors (Lipinski definition) is 2. The minimum Gasteiger partial charge on any atom is -0.366 e. The summed E-state index contributed by atoms with van der Waals surface area (Å²) in [6.07, 6.45) is 0.694. The van der Waals surface area contributed by atoms with Crippen molar-refractivity contribution in [2.24, 2.45) is 17.4 Å². The van der Waals surface area contributed by atoms with Gasteiger partial charge in [0.25, 0.3) is 0 Å². The zero-order valence-electron chi connectivity index (χ0n) is 9.49. The molecule has 86 valence electrons. The van der Waals surface area contributed by atoms with E-state index in [1.54, 1.807) is 12.1 Å². The molecule has 0 aromatic heterocycles. The van der Waals surface area contributed by atoms with E-state index in [0.29, 0.717) is 23.5 Å². The van der Waals surface area contributed by atoms with Crippen molar-refractivity contribution in [3.8, 4) is 0 Å². The van der Waals surface area contributed by atoms with Gasteiger partial charge in [-0.2, -0.15) is 0 Å². The molecule has 1 aromatic carbocycles. The first-order valence-electron chi connectivity index (χ1n) is 5.14. The van der Waals surface area contributed by atoms with Gasteiger partial charge in [-0.3, -0.25) is 9.59 Å². The lowest BCUT2D eigenvalue weighted by atomic mass is 9.95. The third-order valence-electron chi connectivity index (χ3n) is 2.28. The fourth-order valence-corrected chi connectivity index (χ4v) is 1.60. The van der Waals surface area contributed by atoms with Gasteiger partial charge < -0.3 is 11.5 Å². The summed E-state index contributed by atoms with van der Waals surface area (Å²) in [7, 11) is 0. The topological polar surface area (TPSA) is 86.2 Å². The van der Waals surface area contributed by atoms with Crippen molar-refractivity contribution in [3.63, 3.8) is 0 Å². The van der Waals surface area contributed by atoms with Gasteiger partial charge in [0, 0.05) is 11.1 Å². The van der Waals surface area contributed by atoms with Crippen molar-refractivity contribution < 1.29 is 9.59 Å².